The fourth-order valence-electron chi connectivity index (χ4n) is 0.914. The molecule has 0 saturated heterocycles. The Morgan fingerprint density at radius 1 is 1.64 bits per heavy atom. The van der Waals surface area contributed by atoms with Crippen LogP contribution in [-0.4, -0.2) is 33.2 Å². The van der Waals surface area contributed by atoms with E-state index >= 15 is 0 Å². The van der Waals surface area contributed by atoms with Gasteiger partial charge in [-0.2, -0.15) is 13.2 Å². The Kier molecular flexibility index (Phi) is 3.43. The molecule has 1 aromatic heterocycles. The predicted molar refractivity (Wildman–Crippen MR) is 46.1 cm³/mol. The minimum absolute atomic E-state index is 0.452. The normalized spacial score (nSPS) is 14.4. The number of imidazole rings is 1. The van der Waals surface area contributed by atoms with Crippen molar-refractivity contribution < 1.29 is 18.3 Å². The second kappa shape index (κ2) is 4.22. The van der Waals surface area contributed by atoms with E-state index < -0.39 is 18.8 Å². The third-order valence-electron chi connectivity index (χ3n) is 1.61. The summed E-state index contributed by atoms with van der Waals surface area (Å²) in [5, 5.41) is 9.25. The highest BCUT2D eigenvalue weighted by atomic mass is 32.2. The molecule has 0 aliphatic rings. The van der Waals surface area contributed by atoms with Crippen molar-refractivity contribution in [2.75, 3.05) is 6.26 Å². The molecule has 1 rings (SSSR count). The summed E-state index contributed by atoms with van der Waals surface area (Å²) in [7, 11) is 0. The highest BCUT2D eigenvalue weighted by Crippen LogP contribution is 2.22. The minimum Gasteiger partial charge on any atom is -0.382 e. The molecule has 3 nitrogen and oxygen atoms in total. The van der Waals surface area contributed by atoms with E-state index in [-0.39, 0.29) is 0 Å². The lowest BCUT2D eigenvalue weighted by molar-refractivity contribution is -0.207. The fraction of sp³-hybridized carbons (Fsp3) is 0.571. The summed E-state index contributed by atoms with van der Waals surface area (Å²) in [5.74, 6) is 0. The van der Waals surface area contributed by atoms with Crippen molar-refractivity contribution in [2.45, 2.75) is 24.0 Å². The number of aliphatic hydroxyl groups excluding tert-OH is 1. The molecule has 1 heterocycles. The largest absolute Gasteiger partial charge is 0.416 e. The van der Waals surface area contributed by atoms with Gasteiger partial charge in [-0.15, -0.1) is 0 Å². The molecule has 14 heavy (non-hydrogen) atoms. The third kappa shape index (κ3) is 2.65. The maximum absolute atomic E-state index is 12.0. The minimum atomic E-state index is -4.58. The average Bonchev–Trinajstić information content (AvgIpc) is 2.50. The summed E-state index contributed by atoms with van der Waals surface area (Å²) in [4.78, 5) is 3.82. The molecule has 0 saturated carbocycles. The van der Waals surface area contributed by atoms with Crippen molar-refractivity contribution in [1.82, 2.24) is 9.55 Å². The molecular formula is C7H9F3N2OS. The van der Waals surface area contributed by atoms with Gasteiger partial charge in [0, 0.05) is 12.4 Å². The Morgan fingerprint density at radius 2 is 2.29 bits per heavy atom. The second-order valence-corrected chi connectivity index (χ2v) is 3.40. The van der Waals surface area contributed by atoms with Crippen molar-refractivity contribution in [3.8, 4) is 0 Å². The van der Waals surface area contributed by atoms with Gasteiger partial charge >= 0.3 is 6.18 Å². The SMILES string of the molecule is CSc1nccn1C[C@H](O)C(F)(F)F. The van der Waals surface area contributed by atoms with E-state index in [1.807, 2.05) is 0 Å². The molecule has 0 amide bonds. The molecule has 0 aliphatic heterocycles. The van der Waals surface area contributed by atoms with Crippen molar-refractivity contribution in [3.63, 3.8) is 0 Å². The topological polar surface area (TPSA) is 38.0 Å². The van der Waals surface area contributed by atoms with Crippen LogP contribution < -0.4 is 0 Å². The van der Waals surface area contributed by atoms with Crippen molar-refractivity contribution in [3.05, 3.63) is 12.4 Å². The Morgan fingerprint density at radius 3 is 2.79 bits per heavy atom. The summed E-state index contributed by atoms with van der Waals surface area (Å²) in [6.45, 7) is -0.514. The van der Waals surface area contributed by atoms with Gasteiger partial charge in [-0.25, -0.2) is 4.98 Å². The highest BCUT2D eigenvalue weighted by Gasteiger charge is 2.38. The molecule has 0 fully saturated rings. The third-order valence-corrected chi connectivity index (χ3v) is 2.31. The molecule has 0 unspecified atom stereocenters. The lowest BCUT2D eigenvalue weighted by Gasteiger charge is -2.15. The Bertz CT molecular complexity index is 299. The van der Waals surface area contributed by atoms with E-state index in [2.05, 4.69) is 4.98 Å². The van der Waals surface area contributed by atoms with Gasteiger partial charge in [-0.1, -0.05) is 11.8 Å². The van der Waals surface area contributed by atoms with E-state index in [0.29, 0.717) is 5.16 Å². The number of aromatic nitrogens is 2. The fourth-order valence-corrected chi connectivity index (χ4v) is 1.45. The van der Waals surface area contributed by atoms with Crippen LogP contribution in [-0.2, 0) is 6.54 Å². The van der Waals surface area contributed by atoms with Crippen molar-refractivity contribution >= 4 is 11.8 Å². The number of hydrogen-bond donors (Lipinski definition) is 1. The zero-order valence-electron chi connectivity index (χ0n) is 7.32. The maximum Gasteiger partial charge on any atom is 0.416 e. The number of alkyl halides is 3. The van der Waals surface area contributed by atoms with E-state index in [9.17, 15) is 13.2 Å². The van der Waals surface area contributed by atoms with E-state index in [4.69, 9.17) is 5.11 Å². The van der Waals surface area contributed by atoms with Crippen LogP contribution in [0, 0.1) is 0 Å². The standard InChI is InChI=1S/C7H9F3N2OS/c1-14-6-11-2-3-12(6)4-5(13)7(8,9)10/h2-3,5,13H,4H2,1H3/t5-/m0/s1. The quantitative estimate of drug-likeness (QED) is 0.794. The second-order valence-electron chi connectivity index (χ2n) is 2.62. The van der Waals surface area contributed by atoms with Gasteiger partial charge in [-0.3, -0.25) is 0 Å². The number of thioether (sulfide) groups is 1. The van der Waals surface area contributed by atoms with Crippen molar-refractivity contribution in [2.24, 2.45) is 0 Å². The van der Waals surface area contributed by atoms with Crippen LogP contribution in [0.25, 0.3) is 0 Å². The lowest BCUT2D eigenvalue weighted by atomic mass is 10.3. The van der Waals surface area contributed by atoms with Crippen LogP contribution in [0.4, 0.5) is 13.2 Å². The van der Waals surface area contributed by atoms with Gasteiger partial charge < -0.3 is 9.67 Å². The Balaban J connectivity index is 2.69. The Labute approximate surface area is 82.9 Å². The van der Waals surface area contributed by atoms with Gasteiger partial charge in [0.2, 0.25) is 0 Å². The van der Waals surface area contributed by atoms with Gasteiger partial charge in [-0.05, 0) is 6.26 Å². The number of halogens is 3. The smallest absolute Gasteiger partial charge is 0.382 e. The summed E-state index contributed by atoms with van der Waals surface area (Å²) >= 11 is 1.23. The van der Waals surface area contributed by atoms with Crippen LogP contribution in [0.2, 0.25) is 0 Å². The molecule has 1 aromatic rings. The molecule has 80 valence electrons. The van der Waals surface area contributed by atoms with Crippen LogP contribution >= 0.6 is 11.8 Å². The van der Waals surface area contributed by atoms with Crippen LogP contribution in [0.3, 0.4) is 0 Å². The zero-order valence-corrected chi connectivity index (χ0v) is 8.14. The number of rotatable bonds is 3. The molecule has 0 aliphatic carbocycles. The first-order valence-electron chi connectivity index (χ1n) is 3.75. The van der Waals surface area contributed by atoms with E-state index in [1.165, 1.54) is 28.7 Å². The lowest BCUT2D eigenvalue weighted by Crippen LogP contribution is -2.32. The number of nitrogens with zero attached hydrogens (tertiary/aromatic N) is 2. The highest BCUT2D eigenvalue weighted by molar-refractivity contribution is 7.98. The number of aliphatic hydroxyl groups is 1. The van der Waals surface area contributed by atoms with Crippen LogP contribution in [0.15, 0.2) is 17.6 Å². The molecule has 1 N–H and O–H groups in total. The summed E-state index contributed by atoms with van der Waals surface area (Å²) < 4.78 is 37.2. The first kappa shape index (κ1) is 11.4. The average molecular weight is 226 g/mol. The monoisotopic (exact) mass is 226 g/mol. The summed E-state index contributed by atoms with van der Waals surface area (Å²) in [6.07, 6.45) is -2.42. The molecule has 0 spiro atoms. The van der Waals surface area contributed by atoms with Gasteiger partial charge in [0.25, 0.3) is 0 Å². The maximum atomic E-state index is 12.0. The zero-order chi connectivity index (χ0) is 10.8. The molecule has 1 atom stereocenters. The summed E-state index contributed by atoms with van der Waals surface area (Å²) in [5.41, 5.74) is 0. The molecule has 0 bridgehead atoms. The van der Waals surface area contributed by atoms with Crippen LogP contribution in [0.5, 0.6) is 0 Å². The molecule has 0 radical (unpaired) electrons. The first-order chi connectivity index (χ1) is 6.45. The van der Waals surface area contributed by atoms with Gasteiger partial charge in [0.15, 0.2) is 11.3 Å². The molecular weight excluding hydrogens is 217 g/mol. The van der Waals surface area contributed by atoms with Gasteiger partial charge in [0.1, 0.15) is 0 Å². The molecule has 0 aromatic carbocycles. The molecule has 7 heteroatoms. The number of hydrogen-bond acceptors (Lipinski definition) is 3. The van der Waals surface area contributed by atoms with Crippen LogP contribution in [0.1, 0.15) is 0 Å². The summed E-state index contributed by atoms with van der Waals surface area (Å²) in [6, 6.07) is 0. The first-order valence-corrected chi connectivity index (χ1v) is 4.97. The van der Waals surface area contributed by atoms with E-state index in [0.717, 1.165) is 0 Å². The predicted octanol–water partition coefficient (Wildman–Crippen LogP) is 1.53. The van der Waals surface area contributed by atoms with Crippen molar-refractivity contribution in [1.29, 1.82) is 0 Å². The van der Waals surface area contributed by atoms with Gasteiger partial charge in [0.05, 0.1) is 6.54 Å². The van der Waals surface area contributed by atoms with E-state index in [1.54, 1.807) is 6.26 Å². The Hall–Kier alpha value is -0.690.